The standard InChI is InChI=1S/C27H26Cl2FN3O4S/c1-37-26(35)22(16-6-3-2-4-7-16)32-25(34)24-20(14-21(38-24)15-10-12-17(30)13-11-15)31-27(36)33-23-18(28)8-5-9-19(23)29/h5,8-14,16,22H,2-4,6-7H2,1H3,(H,32,34)(H2,31,33,36)/t22-/m0/s1. The van der Waals surface area contributed by atoms with Gasteiger partial charge in [-0.2, -0.15) is 0 Å². The van der Waals surface area contributed by atoms with Gasteiger partial charge in [0.25, 0.3) is 5.91 Å². The number of halogens is 3. The summed E-state index contributed by atoms with van der Waals surface area (Å²) in [7, 11) is 1.29. The van der Waals surface area contributed by atoms with Crippen LogP contribution in [0.15, 0.2) is 48.5 Å². The van der Waals surface area contributed by atoms with Crippen LogP contribution in [0, 0.1) is 11.7 Å². The summed E-state index contributed by atoms with van der Waals surface area (Å²) in [6, 6.07) is 10.7. The lowest BCUT2D eigenvalue weighted by molar-refractivity contribution is -0.144. The van der Waals surface area contributed by atoms with Crippen molar-refractivity contribution in [2.24, 2.45) is 5.92 Å². The van der Waals surface area contributed by atoms with Gasteiger partial charge in [0.2, 0.25) is 0 Å². The highest BCUT2D eigenvalue weighted by molar-refractivity contribution is 7.18. The molecule has 1 atom stereocenters. The lowest BCUT2D eigenvalue weighted by atomic mass is 9.84. The van der Waals surface area contributed by atoms with E-state index in [1.54, 1.807) is 36.4 Å². The first-order chi connectivity index (χ1) is 18.3. The monoisotopic (exact) mass is 577 g/mol. The third-order valence-electron chi connectivity index (χ3n) is 6.38. The zero-order valence-electron chi connectivity index (χ0n) is 20.5. The number of nitrogens with one attached hydrogen (secondary N) is 3. The van der Waals surface area contributed by atoms with Gasteiger partial charge in [-0.25, -0.2) is 14.0 Å². The average molecular weight is 578 g/mol. The van der Waals surface area contributed by atoms with Gasteiger partial charge < -0.3 is 20.7 Å². The molecule has 3 N–H and O–H groups in total. The van der Waals surface area contributed by atoms with Crippen molar-refractivity contribution in [2.45, 2.75) is 38.1 Å². The van der Waals surface area contributed by atoms with Crippen LogP contribution in [0.5, 0.6) is 0 Å². The number of rotatable bonds is 7. The molecule has 0 radical (unpaired) electrons. The van der Waals surface area contributed by atoms with Crippen LogP contribution in [0.4, 0.5) is 20.6 Å². The van der Waals surface area contributed by atoms with E-state index in [1.807, 2.05) is 0 Å². The van der Waals surface area contributed by atoms with Crippen molar-refractivity contribution in [1.29, 1.82) is 0 Å². The number of benzene rings is 2. The Labute approximate surface area is 233 Å². The molecule has 0 unspecified atom stereocenters. The van der Waals surface area contributed by atoms with Crippen LogP contribution in [0.1, 0.15) is 41.8 Å². The molecule has 1 aliphatic rings. The number of ether oxygens (including phenoxy) is 1. The number of carbonyl (C=O) groups excluding carboxylic acids is 3. The minimum Gasteiger partial charge on any atom is -0.467 e. The molecule has 38 heavy (non-hydrogen) atoms. The first-order valence-electron chi connectivity index (χ1n) is 12.1. The molecule has 4 rings (SSSR count). The van der Waals surface area contributed by atoms with Gasteiger partial charge in [-0.15, -0.1) is 11.3 Å². The highest BCUT2D eigenvalue weighted by Crippen LogP contribution is 2.36. The van der Waals surface area contributed by atoms with Gasteiger partial charge >= 0.3 is 12.0 Å². The van der Waals surface area contributed by atoms with E-state index in [0.29, 0.717) is 10.4 Å². The summed E-state index contributed by atoms with van der Waals surface area (Å²) in [6.45, 7) is 0. The summed E-state index contributed by atoms with van der Waals surface area (Å²) in [5.74, 6) is -1.48. The molecule has 7 nitrogen and oxygen atoms in total. The number of hydrogen-bond donors (Lipinski definition) is 3. The molecule has 0 saturated heterocycles. The fourth-order valence-electron chi connectivity index (χ4n) is 4.46. The fourth-order valence-corrected chi connectivity index (χ4v) is 5.98. The predicted octanol–water partition coefficient (Wildman–Crippen LogP) is 7.36. The van der Waals surface area contributed by atoms with Crippen LogP contribution >= 0.6 is 34.5 Å². The van der Waals surface area contributed by atoms with E-state index in [9.17, 15) is 18.8 Å². The Kier molecular flexibility index (Phi) is 9.25. The predicted molar refractivity (Wildman–Crippen MR) is 149 cm³/mol. The zero-order chi connectivity index (χ0) is 27.2. The Hall–Kier alpha value is -3.14. The fraction of sp³-hybridized carbons (Fsp3) is 0.296. The molecule has 1 aliphatic carbocycles. The van der Waals surface area contributed by atoms with Gasteiger partial charge in [0, 0.05) is 4.88 Å². The quantitative estimate of drug-likeness (QED) is 0.255. The second kappa shape index (κ2) is 12.6. The molecule has 0 spiro atoms. The Morgan fingerprint density at radius 1 is 1.00 bits per heavy atom. The van der Waals surface area contributed by atoms with E-state index in [0.717, 1.165) is 43.4 Å². The summed E-state index contributed by atoms with van der Waals surface area (Å²) in [5, 5.41) is 8.61. The summed E-state index contributed by atoms with van der Waals surface area (Å²) in [6.07, 6.45) is 4.64. The molecule has 1 aromatic heterocycles. The van der Waals surface area contributed by atoms with Gasteiger partial charge in [-0.1, -0.05) is 60.7 Å². The number of methoxy groups -OCH3 is 1. The van der Waals surface area contributed by atoms with E-state index in [-0.39, 0.29) is 32.2 Å². The molecule has 1 heterocycles. The minimum absolute atomic E-state index is 0.0428. The van der Waals surface area contributed by atoms with Gasteiger partial charge in [-0.05, 0) is 54.7 Å². The van der Waals surface area contributed by atoms with Crippen molar-refractivity contribution in [1.82, 2.24) is 5.32 Å². The molecule has 11 heteroatoms. The molecule has 3 amide bonds. The van der Waals surface area contributed by atoms with Crippen molar-refractivity contribution in [3.8, 4) is 10.4 Å². The summed E-state index contributed by atoms with van der Waals surface area (Å²) >= 11 is 13.4. The molecule has 0 aliphatic heterocycles. The Bertz CT molecular complexity index is 1310. The van der Waals surface area contributed by atoms with Gasteiger partial charge in [0.1, 0.15) is 16.7 Å². The van der Waals surface area contributed by atoms with Crippen LogP contribution in [-0.4, -0.2) is 31.1 Å². The lowest BCUT2D eigenvalue weighted by Gasteiger charge is -2.29. The molecule has 0 bridgehead atoms. The van der Waals surface area contributed by atoms with Crippen molar-refractivity contribution in [2.75, 3.05) is 17.7 Å². The molecule has 2 aromatic carbocycles. The van der Waals surface area contributed by atoms with Crippen LogP contribution in [0.2, 0.25) is 10.0 Å². The highest BCUT2D eigenvalue weighted by atomic mass is 35.5. The van der Waals surface area contributed by atoms with Gasteiger partial charge in [0.05, 0.1) is 28.5 Å². The van der Waals surface area contributed by atoms with Crippen molar-refractivity contribution in [3.63, 3.8) is 0 Å². The zero-order valence-corrected chi connectivity index (χ0v) is 22.8. The number of anilines is 2. The summed E-state index contributed by atoms with van der Waals surface area (Å²) in [5.41, 5.74) is 1.08. The molecule has 200 valence electrons. The lowest BCUT2D eigenvalue weighted by Crippen LogP contribution is -2.47. The second-order valence-electron chi connectivity index (χ2n) is 8.91. The van der Waals surface area contributed by atoms with Crippen LogP contribution in [0.25, 0.3) is 10.4 Å². The van der Waals surface area contributed by atoms with Gasteiger partial charge in [0.15, 0.2) is 0 Å². The number of urea groups is 1. The molecule has 3 aromatic rings. The maximum absolute atomic E-state index is 13.5. The molecule has 1 saturated carbocycles. The maximum atomic E-state index is 13.5. The largest absolute Gasteiger partial charge is 0.467 e. The summed E-state index contributed by atoms with van der Waals surface area (Å²) in [4.78, 5) is 39.8. The smallest absolute Gasteiger partial charge is 0.328 e. The highest BCUT2D eigenvalue weighted by Gasteiger charge is 2.33. The van der Waals surface area contributed by atoms with Crippen LogP contribution in [0.3, 0.4) is 0 Å². The van der Waals surface area contributed by atoms with E-state index in [2.05, 4.69) is 16.0 Å². The number of carbonyl (C=O) groups is 3. The molecular weight excluding hydrogens is 552 g/mol. The van der Waals surface area contributed by atoms with Crippen molar-refractivity contribution < 1.29 is 23.5 Å². The number of esters is 1. The Morgan fingerprint density at radius 2 is 1.66 bits per heavy atom. The van der Waals surface area contributed by atoms with Crippen LogP contribution in [-0.2, 0) is 9.53 Å². The number of amides is 3. The number of para-hydroxylation sites is 1. The van der Waals surface area contributed by atoms with Gasteiger partial charge in [-0.3, -0.25) is 4.79 Å². The second-order valence-corrected chi connectivity index (χ2v) is 10.8. The topological polar surface area (TPSA) is 96.5 Å². The number of hydrogen-bond acceptors (Lipinski definition) is 5. The Balaban J connectivity index is 1.63. The van der Waals surface area contributed by atoms with E-state index >= 15 is 0 Å². The number of thiophene rings is 1. The van der Waals surface area contributed by atoms with Crippen LogP contribution < -0.4 is 16.0 Å². The Morgan fingerprint density at radius 3 is 2.29 bits per heavy atom. The normalized spacial score (nSPS) is 14.4. The van der Waals surface area contributed by atoms with E-state index in [4.69, 9.17) is 27.9 Å². The maximum Gasteiger partial charge on any atom is 0.328 e. The van der Waals surface area contributed by atoms with E-state index < -0.39 is 29.8 Å². The third-order valence-corrected chi connectivity index (χ3v) is 8.19. The minimum atomic E-state index is -0.812. The summed E-state index contributed by atoms with van der Waals surface area (Å²) < 4.78 is 18.5. The molecular formula is C27H26Cl2FN3O4S. The first kappa shape index (κ1) is 27.9. The molecule has 1 fully saturated rings. The van der Waals surface area contributed by atoms with Crippen molar-refractivity contribution in [3.05, 3.63) is 69.3 Å². The third kappa shape index (κ3) is 6.64. The van der Waals surface area contributed by atoms with E-state index in [1.165, 1.54) is 19.2 Å². The SMILES string of the molecule is COC(=O)[C@@H](NC(=O)c1sc(-c2ccc(F)cc2)cc1NC(=O)Nc1c(Cl)cccc1Cl)C1CCCCC1. The van der Waals surface area contributed by atoms with Crippen molar-refractivity contribution >= 4 is 63.8 Å². The average Bonchev–Trinajstić information content (AvgIpc) is 3.33. The first-order valence-corrected chi connectivity index (χ1v) is 13.6.